The van der Waals surface area contributed by atoms with E-state index in [1.807, 2.05) is 6.92 Å². The molecular weight excluding hydrogens is 241 g/mol. The lowest BCUT2D eigenvalue weighted by molar-refractivity contribution is 0.483. The molecule has 0 aliphatic carbocycles. The molecule has 0 spiro atoms. The first-order valence-corrected chi connectivity index (χ1v) is 5.43. The zero-order valence-electron chi connectivity index (χ0n) is 9.21. The van der Waals surface area contributed by atoms with Crippen LogP contribution in [0, 0.1) is 12.7 Å². The van der Waals surface area contributed by atoms with Crippen molar-refractivity contribution < 1.29 is 9.13 Å². The maximum atomic E-state index is 12.9. The van der Waals surface area contributed by atoms with Crippen molar-refractivity contribution in [2.45, 2.75) is 6.92 Å². The molecule has 88 valence electrons. The van der Waals surface area contributed by atoms with Gasteiger partial charge in [0.05, 0.1) is 5.69 Å². The molecule has 0 aliphatic rings. The first kappa shape index (κ1) is 11.7. The van der Waals surface area contributed by atoms with E-state index in [1.54, 1.807) is 18.2 Å². The third-order valence-corrected chi connectivity index (χ3v) is 2.75. The minimum atomic E-state index is -0.387. The Morgan fingerprint density at radius 3 is 2.59 bits per heavy atom. The summed E-state index contributed by atoms with van der Waals surface area (Å²) in [6, 6.07) is 9.29. The van der Waals surface area contributed by atoms with E-state index in [2.05, 4.69) is 0 Å². The van der Waals surface area contributed by atoms with Gasteiger partial charge in [-0.1, -0.05) is 11.6 Å². The van der Waals surface area contributed by atoms with Crippen molar-refractivity contribution >= 4 is 17.3 Å². The second-order valence-electron chi connectivity index (χ2n) is 3.70. The Kier molecular flexibility index (Phi) is 3.20. The van der Waals surface area contributed by atoms with Gasteiger partial charge in [-0.25, -0.2) is 4.39 Å². The van der Waals surface area contributed by atoms with Gasteiger partial charge in [0.2, 0.25) is 0 Å². The van der Waals surface area contributed by atoms with Crippen molar-refractivity contribution in [3.05, 3.63) is 52.8 Å². The number of hydrogen-bond acceptors (Lipinski definition) is 2. The largest absolute Gasteiger partial charge is 0.455 e. The van der Waals surface area contributed by atoms with E-state index in [1.165, 1.54) is 18.2 Å². The standard InChI is InChI=1S/C13H11ClFNO/c1-8-6-10(3-4-11(8)14)17-13-5-2-9(15)7-12(13)16/h2-7H,16H2,1H3. The molecule has 17 heavy (non-hydrogen) atoms. The highest BCUT2D eigenvalue weighted by Gasteiger charge is 2.04. The molecule has 2 aromatic rings. The van der Waals surface area contributed by atoms with Crippen molar-refractivity contribution in [1.29, 1.82) is 0 Å². The monoisotopic (exact) mass is 251 g/mol. The van der Waals surface area contributed by atoms with Crippen molar-refractivity contribution in [2.24, 2.45) is 0 Å². The van der Waals surface area contributed by atoms with Crippen molar-refractivity contribution in [1.82, 2.24) is 0 Å². The molecule has 4 heteroatoms. The molecule has 2 N–H and O–H groups in total. The number of hydrogen-bond donors (Lipinski definition) is 1. The average Bonchev–Trinajstić information content (AvgIpc) is 2.27. The lowest BCUT2D eigenvalue weighted by Gasteiger charge is -2.09. The fourth-order valence-corrected chi connectivity index (χ4v) is 1.54. The molecule has 2 nitrogen and oxygen atoms in total. The Bertz CT molecular complexity index is 557. The second-order valence-corrected chi connectivity index (χ2v) is 4.10. The third kappa shape index (κ3) is 2.68. The highest BCUT2D eigenvalue weighted by Crippen LogP contribution is 2.29. The van der Waals surface area contributed by atoms with E-state index in [4.69, 9.17) is 22.1 Å². The van der Waals surface area contributed by atoms with E-state index in [0.717, 1.165) is 5.56 Å². The number of nitrogen functional groups attached to an aromatic ring is 1. The summed E-state index contributed by atoms with van der Waals surface area (Å²) in [6.07, 6.45) is 0. The molecule has 0 saturated carbocycles. The van der Waals surface area contributed by atoms with E-state index in [-0.39, 0.29) is 11.5 Å². The topological polar surface area (TPSA) is 35.2 Å². The fraction of sp³-hybridized carbons (Fsp3) is 0.0769. The summed E-state index contributed by atoms with van der Waals surface area (Å²) in [6.45, 7) is 1.88. The van der Waals surface area contributed by atoms with Crippen LogP contribution in [0.4, 0.5) is 10.1 Å². The van der Waals surface area contributed by atoms with Crippen LogP contribution in [0.1, 0.15) is 5.56 Å². The average molecular weight is 252 g/mol. The van der Waals surface area contributed by atoms with Gasteiger partial charge < -0.3 is 10.5 Å². The number of nitrogens with two attached hydrogens (primary N) is 1. The van der Waals surface area contributed by atoms with Crippen molar-refractivity contribution in [3.8, 4) is 11.5 Å². The molecule has 2 rings (SSSR count). The molecular formula is C13H11ClFNO. The zero-order valence-corrected chi connectivity index (χ0v) is 9.96. The minimum absolute atomic E-state index is 0.262. The third-order valence-electron chi connectivity index (χ3n) is 2.33. The molecule has 2 aromatic carbocycles. The van der Waals surface area contributed by atoms with Gasteiger partial charge in [-0.15, -0.1) is 0 Å². The maximum absolute atomic E-state index is 12.9. The second kappa shape index (κ2) is 4.63. The van der Waals surface area contributed by atoms with Crippen LogP contribution in [0.5, 0.6) is 11.5 Å². The number of ether oxygens (including phenoxy) is 1. The fourth-order valence-electron chi connectivity index (χ4n) is 1.42. The summed E-state index contributed by atoms with van der Waals surface area (Å²) >= 11 is 5.91. The number of halogens is 2. The zero-order chi connectivity index (χ0) is 12.4. The van der Waals surface area contributed by atoms with E-state index in [9.17, 15) is 4.39 Å². The molecule has 0 amide bonds. The first-order valence-electron chi connectivity index (χ1n) is 5.05. The maximum Gasteiger partial charge on any atom is 0.150 e. The van der Waals surface area contributed by atoms with Crippen LogP contribution >= 0.6 is 11.6 Å². The molecule has 0 bridgehead atoms. The Morgan fingerprint density at radius 2 is 1.94 bits per heavy atom. The first-order chi connectivity index (χ1) is 8.06. The summed E-state index contributed by atoms with van der Waals surface area (Å²) in [5.74, 6) is 0.653. The minimum Gasteiger partial charge on any atom is -0.455 e. The molecule has 0 saturated heterocycles. The molecule has 0 aromatic heterocycles. The van der Waals surface area contributed by atoms with Crippen LogP contribution in [-0.2, 0) is 0 Å². The van der Waals surface area contributed by atoms with Gasteiger partial charge in [0.1, 0.15) is 11.6 Å². The van der Waals surface area contributed by atoms with E-state index in [0.29, 0.717) is 16.5 Å². The Morgan fingerprint density at radius 1 is 1.18 bits per heavy atom. The summed E-state index contributed by atoms with van der Waals surface area (Å²) in [4.78, 5) is 0. The van der Waals surface area contributed by atoms with Gasteiger partial charge in [-0.3, -0.25) is 0 Å². The molecule has 0 radical (unpaired) electrons. The predicted octanol–water partition coefficient (Wildman–Crippen LogP) is 4.16. The van der Waals surface area contributed by atoms with Crippen LogP contribution < -0.4 is 10.5 Å². The van der Waals surface area contributed by atoms with E-state index < -0.39 is 0 Å². The number of rotatable bonds is 2. The molecule has 0 fully saturated rings. The van der Waals surface area contributed by atoms with Gasteiger partial charge >= 0.3 is 0 Å². The van der Waals surface area contributed by atoms with Gasteiger partial charge in [0, 0.05) is 11.1 Å². The summed E-state index contributed by atoms with van der Waals surface area (Å²) in [5, 5.41) is 0.671. The van der Waals surface area contributed by atoms with Gasteiger partial charge in [-0.2, -0.15) is 0 Å². The molecule has 0 atom stereocenters. The van der Waals surface area contributed by atoms with Crippen LogP contribution in [0.15, 0.2) is 36.4 Å². The highest BCUT2D eigenvalue weighted by atomic mass is 35.5. The number of aryl methyl sites for hydroxylation is 1. The molecule has 0 unspecified atom stereocenters. The highest BCUT2D eigenvalue weighted by molar-refractivity contribution is 6.31. The number of anilines is 1. The Hall–Kier alpha value is -1.74. The lowest BCUT2D eigenvalue weighted by Crippen LogP contribution is -1.93. The lowest BCUT2D eigenvalue weighted by atomic mass is 10.2. The van der Waals surface area contributed by atoms with Crippen LogP contribution in [0.25, 0.3) is 0 Å². The van der Waals surface area contributed by atoms with Crippen LogP contribution in [0.3, 0.4) is 0 Å². The Labute approximate surface area is 104 Å². The summed E-state index contributed by atoms with van der Waals surface area (Å²) < 4.78 is 18.4. The Balaban J connectivity index is 2.28. The quantitative estimate of drug-likeness (QED) is 0.814. The van der Waals surface area contributed by atoms with Gasteiger partial charge in [0.15, 0.2) is 5.75 Å². The van der Waals surface area contributed by atoms with Crippen molar-refractivity contribution in [2.75, 3.05) is 5.73 Å². The van der Waals surface area contributed by atoms with E-state index >= 15 is 0 Å². The number of benzene rings is 2. The molecule has 0 heterocycles. The summed E-state index contributed by atoms with van der Waals surface area (Å²) in [7, 11) is 0. The molecule has 0 aliphatic heterocycles. The van der Waals surface area contributed by atoms with Gasteiger partial charge in [-0.05, 0) is 42.8 Å². The normalized spacial score (nSPS) is 10.3. The summed E-state index contributed by atoms with van der Waals surface area (Å²) in [5.41, 5.74) is 6.82. The predicted molar refractivity (Wildman–Crippen MR) is 67.1 cm³/mol. The van der Waals surface area contributed by atoms with Crippen molar-refractivity contribution in [3.63, 3.8) is 0 Å². The van der Waals surface area contributed by atoms with Crippen LogP contribution in [-0.4, -0.2) is 0 Å². The SMILES string of the molecule is Cc1cc(Oc2ccc(F)cc2N)ccc1Cl. The van der Waals surface area contributed by atoms with Gasteiger partial charge in [0.25, 0.3) is 0 Å². The van der Waals surface area contributed by atoms with Crippen LogP contribution in [0.2, 0.25) is 5.02 Å². The smallest absolute Gasteiger partial charge is 0.150 e.